The summed E-state index contributed by atoms with van der Waals surface area (Å²) in [5.41, 5.74) is 2.03. The molecule has 0 aliphatic carbocycles. The number of nitrogens with one attached hydrogen (secondary N) is 1. The third-order valence-corrected chi connectivity index (χ3v) is 4.06. The van der Waals surface area contributed by atoms with E-state index in [4.69, 9.17) is 21.1 Å². The van der Waals surface area contributed by atoms with Gasteiger partial charge in [-0.05, 0) is 33.6 Å². The lowest BCUT2D eigenvalue weighted by atomic mass is 10.2. The summed E-state index contributed by atoms with van der Waals surface area (Å²) >= 11 is 9.45. The second-order valence-electron chi connectivity index (χ2n) is 4.20. The predicted octanol–water partition coefficient (Wildman–Crippen LogP) is 4.73. The molecule has 0 aliphatic heterocycles. The van der Waals surface area contributed by atoms with Crippen molar-refractivity contribution >= 4 is 33.2 Å². The Labute approximate surface area is 132 Å². The van der Waals surface area contributed by atoms with Crippen molar-refractivity contribution in [2.24, 2.45) is 0 Å². The van der Waals surface area contributed by atoms with Gasteiger partial charge in [-0.1, -0.05) is 17.7 Å². The molecule has 20 heavy (non-hydrogen) atoms. The van der Waals surface area contributed by atoms with Gasteiger partial charge in [0, 0.05) is 34.9 Å². The molecule has 106 valence electrons. The molecule has 0 spiro atoms. The number of halogens is 2. The van der Waals surface area contributed by atoms with Crippen molar-refractivity contribution in [3.63, 3.8) is 0 Å². The molecule has 3 nitrogen and oxygen atoms in total. The lowest BCUT2D eigenvalue weighted by Crippen LogP contribution is -2.00. The number of ether oxygens (including phenoxy) is 2. The van der Waals surface area contributed by atoms with Crippen LogP contribution in [-0.4, -0.2) is 14.2 Å². The van der Waals surface area contributed by atoms with Gasteiger partial charge in [0.05, 0.1) is 19.2 Å². The SMILES string of the molecule is COc1cc(NCc2ccc(Br)c(Cl)c2)cc(OC)c1. The third kappa shape index (κ3) is 3.81. The Hall–Kier alpha value is -1.39. The normalized spacial score (nSPS) is 10.2. The van der Waals surface area contributed by atoms with Gasteiger partial charge in [0.1, 0.15) is 11.5 Å². The summed E-state index contributed by atoms with van der Waals surface area (Å²) in [7, 11) is 3.26. The van der Waals surface area contributed by atoms with Gasteiger partial charge < -0.3 is 14.8 Å². The molecule has 0 radical (unpaired) electrons. The third-order valence-electron chi connectivity index (χ3n) is 2.83. The van der Waals surface area contributed by atoms with Crippen molar-refractivity contribution in [2.45, 2.75) is 6.54 Å². The van der Waals surface area contributed by atoms with E-state index in [0.29, 0.717) is 11.6 Å². The fraction of sp³-hybridized carbons (Fsp3) is 0.200. The van der Waals surface area contributed by atoms with Gasteiger partial charge in [-0.3, -0.25) is 0 Å². The first-order chi connectivity index (χ1) is 9.62. The highest BCUT2D eigenvalue weighted by molar-refractivity contribution is 9.10. The van der Waals surface area contributed by atoms with Gasteiger partial charge in [0.15, 0.2) is 0 Å². The summed E-state index contributed by atoms with van der Waals surface area (Å²) in [6.07, 6.45) is 0. The maximum absolute atomic E-state index is 6.08. The molecular weight excluding hydrogens is 342 g/mol. The number of anilines is 1. The van der Waals surface area contributed by atoms with E-state index in [-0.39, 0.29) is 0 Å². The highest BCUT2D eigenvalue weighted by Crippen LogP contribution is 2.27. The lowest BCUT2D eigenvalue weighted by Gasteiger charge is -2.11. The van der Waals surface area contributed by atoms with E-state index in [0.717, 1.165) is 27.2 Å². The molecular formula is C15H15BrClNO2. The van der Waals surface area contributed by atoms with Crippen molar-refractivity contribution in [1.82, 2.24) is 0 Å². The molecule has 0 aliphatic rings. The molecule has 0 aromatic heterocycles. The topological polar surface area (TPSA) is 30.5 Å². The second-order valence-corrected chi connectivity index (χ2v) is 5.46. The Bertz CT molecular complexity index is 582. The summed E-state index contributed by atoms with van der Waals surface area (Å²) in [4.78, 5) is 0. The number of benzene rings is 2. The van der Waals surface area contributed by atoms with Crippen molar-refractivity contribution < 1.29 is 9.47 Å². The van der Waals surface area contributed by atoms with Crippen LogP contribution in [0.3, 0.4) is 0 Å². The first-order valence-corrected chi connectivity index (χ1v) is 7.20. The van der Waals surface area contributed by atoms with Crippen LogP contribution < -0.4 is 14.8 Å². The van der Waals surface area contributed by atoms with Crippen LogP contribution in [0.2, 0.25) is 5.02 Å². The van der Waals surface area contributed by atoms with Crippen LogP contribution in [0.4, 0.5) is 5.69 Å². The molecule has 0 bridgehead atoms. The molecule has 2 aromatic carbocycles. The Kier molecular flexibility index (Phi) is 5.15. The highest BCUT2D eigenvalue weighted by atomic mass is 79.9. The first kappa shape index (κ1) is 15.0. The Morgan fingerprint density at radius 2 is 1.70 bits per heavy atom. The number of methoxy groups -OCH3 is 2. The number of hydrogen-bond acceptors (Lipinski definition) is 3. The van der Waals surface area contributed by atoms with E-state index in [9.17, 15) is 0 Å². The molecule has 2 aromatic rings. The van der Waals surface area contributed by atoms with Crippen LogP contribution in [0.25, 0.3) is 0 Å². The zero-order valence-electron chi connectivity index (χ0n) is 11.2. The van der Waals surface area contributed by atoms with E-state index >= 15 is 0 Å². The minimum atomic E-state index is 0.670. The average Bonchev–Trinajstić information content (AvgIpc) is 2.48. The minimum absolute atomic E-state index is 0.670. The molecule has 0 amide bonds. The molecule has 1 N–H and O–H groups in total. The van der Waals surface area contributed by atoms with Gasteiger partial charge in [-0.2, -0.15) is 0 Å². The van der Waals surface area contributed by atoms with E-state index in [1.165, 1.54) is 0 Å². The van der Waals surface area contributed by atoms with Crippen LogP contribution in [-0.2, 0) is 6.54 Å². The summed E-state index contributed by atoms with van der Waals surface area (Å²) in [6, 6.07) is 11.6. The van der Waals surface area contributed by atoms with Crippen LogP contribution in [0, 0.1) is 0 Å². The monoisotopic (exact) mass is 355 g/mol. The van der Waals surface area contributed by atoms with Crippen molar-refractivity contribution in [2.75, 3.05) is 19.5 Å². The number of rotatable bonds is 5. The molecule has 0 atom stereocenters. The Balaban J connectivity index is 2.11. The quantitative estimate of drug-likeness (QED) is 0.840. The lowest BCUT2D eigenvalue weighted by molar-refractivity contribution is 0.394. The zero-order valence-corrected chi connectivity index (χ0v) is 13.6. The van der Waals surface area contributed by atoms with Gasteiger partial charge in [-0.25, -0.2) is 0 Å². The molecule has 0 saturated carbocycles. The molecule has 0 fully saturated rings. The van der Waals surface area contributed by atoms with E-state index in [1.54, 1.807) is 14.2 Å². The Morgan fingerprint density at radius 1 is 1.05 bits per heavy atom. The zero-order chi connectivity index (χ0) is 14.5. The van der Waals surface area contributed by atoms with E-state index in [2.05, 4.69) is 21.2 Å². The maximum atomic E-state index is 6.08. The summed E-state index contributed by atoms with van der Waals surface area (Å²) in [5, 5.41) is 4.02. The highest BCUT2D eigenvalue weighted by Gasteiger charge is 2.03. The predicted molar refractivity (Wildman–Crippen MR) is 86.0 cm³/mol. The summed E-state index contributed by atoms with van der Waals surface area (Å²) in [6.45, 7) is 0.670. The van der Waals surface area contributed by atoms with Crippen LogP contribution >= 0.6 is 27.5 Å². The van der Waals surface area contributed by atoms with Crippen LogP contribution in [0.1, 0.15) is 5.56 Å². The fourth-order valence-corrected chi connectivity index (χ4v) is 2.21. The van der Waals surface area contributed by atoms with Crippen LogP contribution in [0.5, 0.6) is 11.5 Å². The maximum Gasteiger partial charge on any atom is 0.124 e. The summed E-state index contributed by atoms with van der Waals surface area (Å²) in [5.74, 6) is 1.50. The smallest absolute Gasteiger partial charge is 0.124 e. The van der Waals surface area contributed by atoms with Gasteiger partial charge >= 0.3 is 0 Å². The first-order valence-electron chi connectivity index (χ1n) is 6.03. The van der Waals surface area contributed by atoms with E-state index in [1.807, 2.05) is 36.4 Å². The van der Waals surface area contributed by atoms with Crippen molar-refractivity contribution in [3.05, 3.63) is 51.5 Å². The average molecular weight is 357 g/mol. The van der Waals surface area contributed by atoms with Crippen LogP contribution in [0.15, 0.2) is 40.9 Å². The van der Waals surface area contributed by atoms with Gasteiger partial charge in [0.25, 0.3) is 0 Å². The minimum Gasteiger partial charge on any atom is -0.497 e. The Morgan fingerprint density at radius 3 is 2.25 bits per heavy atom. The molecule has 0 heterocycles. The molecule has 0 saturated heterocycles. The van der Waals surface area contributed by atoms with E-state index < -0.39 is 0 Å². The van der Waals surface area contributed by atoms with Gasteiger partial charge in [-0.15, -0.1) is 0 Å². The molecule has 2 rings (SSSR count). The second kappa shape index (κ2) is 6.86. The summed E-state index contributed by atoms with van der Waals surface area (Å²) < 4.78 is 11.4. The number of hydrogen-bond donors (Lipinski definition) is 1. The van der Waals surface area contributed by atoms with Gasteiger partial charge in [0.2, 0.25) is 0 Å². The standard InChI is InChI=1S/C15H15BrClNO2/c1-19-12-6-11(7-13(8-12)20-2)18-9-10-3-4-14(16)15(17)5-10/h3-8,18H,9H2,1-2H3. The largest absolute Gasteiger partial charge is 0.497 e. The molecule has 0 unspecified atom stereocenters. The van der Waals surface area contributed by atoms with Crippen molar-refractivity contribution in [3.8, 4) is 11.5 Å². The van der Waals surface area contributed by atoms with Crippen molar-refractivity contribution in [1.29, 1.82) is 0 Å². The molecule has 5 heteroatoms. The fourth-order valence-electron chi connectivity index (χ4n) is 1.76.